The van der Waals surface area contributed by atoms with Crippen LogP contribution in [0.15, 0.2) is 70.7 Å². The van der Waals surface area contributed by atoms with Crippen molar-refractivity contribution in [1.82, 2.24) is 5.32 Å². The Morgan fingerprint density at radius 3 is 2.59 bits per heavy atom. The molecule has 0 aromatic heterocycles. The molecule has 9 heteroatoms. The fourth-order valence-corrected chi connectivity index (χ4v) is 4.04. The van der Waals surface area contributed by atoms with E-state index in [4.69, 9.17) is 16.3 Å². The van der Waals surface area contributed by atoms with Crippen LogP contribution in [-0.4, -0.2) is 17.8 Å². The maximum Gasteiger partial charge on any atom is 0.335 e. The average molecular weight is 544 g/mol. The Labute approximate surface area is 208 Å². The normalized spacial score (nSPS) is 15.0. The zero-order chi connectivity index (χ0) is 24.4. The number of anilines is 1. The first kappa shape index (κ1) is 23.7. The van der Waals surface area contributed by atoms with Gasteiger partial charge in [0.15, 0.2) is 0 Å². The van der Waals surface area contributed by atoms with Crippen molar-refractivity contribution in [2.24, 2.45) is 0 Å². The Balaban J connectivity index is 1.60. The van der Waals surface area contributed by atoms with Gasteiger partial charge in [0.25, 0.3) is 11.8 Å². The number of rotatable bonds is 5. The third-order valence-electron chi connectivity index (χ3n) is 5.12. The van der Waals surface area contributed by atoms with Gasteiger partial charge in [-0.05, 0) is 70.4 Å². The van der Waals surface area contributed by atoms with Crippen LogP contribution in [0.3, 0.4) is 0 Å². The second-order valence-corrected chi connectivity index (χ2v) is 8.75. The summed E-state index contributed by atoms with van der Waals surface area (Å²) in [5.74, 6) is -1.48. The van der Waals surface area contributed by atoms with Gasteiger partial charge in [0.1, 0.15) is 23.7 Å². The van der Waals surface area contributed by atoms with Crippen LogP contribution in [0.4, 0.5) is 14.9 Å². The molecule has 0 unspecified atom stereocenters. The molecule has 0 aliphatic carbocycles. The van der Waals surface area contributed by atoms with E-state index in [2.05, 4.69) is 21.2 Å². The summed E-state index contributed by atoms with van der Waals surface area (Å²) in [7, 11) is 0. The summed E-state index contributed by atoms with van der Waals surface area (Å²) in [5.41, 5.74) is 1.63. The van der Waals surface area contributed by atoms with Crippen molar-refractivity contribution in [2.45, 2.75) is 13.5 Å². The number of ether oxygens (including phenoxy) is 1. The quantitative estimate of drug-likeness (QED) is 0.326. The second-order valence-electron chi connectivity index (χ2n) is 7.46. The molecule has 0 spiro atoms. The fourth-order valence-electron chi connectivity index (χ4n) is 3.36. The number of nitrogens with one attached hydrogen (secondary N) is 1. The number of hydrogen-bond acceptors (Lipinski definition) is 4. The zero-order valence-electron chi connectivity index (χ0n) is 17.8. The van der Waals surface area contributed by atoms with Crippen molar-refractivity contribution >= 4 is 57.1 Å². The van der Waals surface area contributed by atoms with Crippen LogP contribution in [0.2, 0.25) is 5.02 Å². The molecule has 0 bridgehead atoms. The van der Waals surface area contributed by atoms with Crippen molar-refractivity contribution in [2.75, 3.05) is 4.90 Å². The van der Waals surface area contributed by atoms with Crippen molar-refractivity contribution < 1.29 is 23.5 Å². The third-order valence-corrected chi connectivity index (χ3v) is 5.98. The third kappa shape index (κ3) is 4.88. The van der Waals surface area contributed by atoms with Gasteiger partial charge in [-0.25, -0.2) is 14.1 Å². The fraction of sp³-hybridized carbons (Fsp3) is 0.0800. The lowest BCUT2D eigenvalue weighted by Gasteiger charge is -2.27. The van der Waals surface area contributed by atoms with E-state index < -0.39 is 17.8 Å². The molecule has 1 saturated heterocycles. The molecule has 172 valence electrons. The SMILES string of the molecule is Cc1ccc(Cl)cc1N1C(=O)NC(=O)/C(=C\c2ccc(OCc3ccccc3F)c(Br)c2)C1=O. The zero-order valence-corrected chi connectivity index (χ0v) is 20.1. The van der Waals surface area contributed by atoms with E-state index in [1.165, 1.54) is 18.2 Å². The maximum absolute atomic E-state index is 13.8. The first-order chi connectivity index (χ1) is 16.2. The van der Waals surface area contributed by atoms with Gasteiger partial charge < -0.3 is 4.74 Å². The van der Waals surface area contributed by atoms with Gasteiger partial charge in [-0.15, -0.1) is 0 Å². The van der Waals surface area contributed by atoms with E-state index in [1.807, 2.05) is 0 Å². The number of nitrogens with zero attached hydrogens (tertiary/aromatic N) is 1. The molecule has 1 heterocycles. The minimum atomic E-state index is -0.851. The number of hydrogen-bond donors (Lipinski definition) is 1. The first-order valence-corrected chi connectivity index (χ1v) is 11.2. The second kappa shape index (κ2) is 9.79. The van der Waals surface area contributed by atoms with Crippen molar-refractivity contribution in [3.63, 3.8) is 0 Å². The summed E-state index contributed by atoms with van der Waals surface area (Å²) in [4.78, 5) is 38.9. The van der Waals surface area contributed by atoms with Gasteiger partial charge in [-0.3, -0.25) is 14.9 Å². The molecule has 1 N–H and O–H groups in total. The van der Waals surface area contributed by atoms with Crippen LogP contribution in [-0.2, 0) is 16.2 Å². The lowest BCUT2D eigenvalue weighted by Crippen LogP contribution is -2.54. The van der Waals surface area contributed by atoms with Crippen molar-refractivity contribution in [3.05, 3.63) is 98.2 Å². The number of amides is 4. The monoisotopic (exact) mass is 542 g/mol. The number of benzene rings is 3. The number of urea groups is 1. The number of carbonyl (C=O) groups excluding carboxylic acids is 3. The molecule has 6 nitrogen and oxygen atoms in total. The van der Waals surface area contributed by atoms with Crippen molar-refractivity contribution in [1.29, 1.82) is 0 Å². The minimum Gasteiger partial charge on any atom is -0.488 e. The van der Waals surface area contributed by atoms with E-state index in [-0.39, 0.29) is 23.7 Å². The van der Waals surface area contributed by atoms with Crippen molar-refractivity contribution in [3.8, 4) is 5.75 Å². The molecule has 1 aliphatic rings. The van der Waals surface area contributed by atoms with Gasteiger partial charge in [0.05, 0.1) is 10.2 Å². The van der Waals surface area contributed by atoms with Crippen LogP contribution in [0, 0.1) is 12.7 Å². The maximum atomic E-state index is 13.8. The first-order valence-electron chi connectivity index (χ1n) is 10.1. The Hall–Kier alpha value is -3.49. The number of imide groups is 2. The summed E-state index contributed by atoms with van der Waals surface area (Å²) >= 11 is 9.44. The van der Waals surface area contributed by atoms with Gasteiger partial charge in [-0.1, -0.05) is 41.9 Å². The molecule has 4 amide bonds. The summed E-state index contributed by atoms with van der Waals surface area (Å²) in [6.07, 6.45) is 1.38. The predicted octanol–water partition coefficient (Wildman–Crippen LogP) is 5.80. The highest BCUT2D eigenvalue weighted by molar-refractivity contribution is 9.10. The molecule has 3 aromatic rings. The lowest BCUT2D eigenvalue weighted by molar-refractivity contribution is -0.122. The molecule has 0 saturated carbocycles. The molecule has 34 heavy (non-hydrogen) atoms. The van der Waals surface area contributed by atoms with Crippen LogP contribution < -0.4 is 15.0 Å². The molecule has 1 aliphatic heterocycles. The molecule has 1 fully saturated rings. The van der Waals surface area contributed by atoms with E-state index >= 15 is 0 Å². The molecule has 0 atom stereocenters. The summed E-state index contributed by atoms with van der Waals surface area (Å²) in [6.45, 7) is 1.76. The molecule has 3 aromatic carbocycles. The van der Waals surface area contributed by atoms with Crippen LogP contribution in [0.25, 0.3) is 6.08 Å². The highest BCUT2D eigenvalue weighted by Crippen LogP contribution is 2.30. The Kier molecular flexibility index (Phi) is 6.81. The van der Waals surface area contributed by atoms with E-state index in [1.54, 1.807) is 55.5 Å². The molecular formula is C25H17BrClFN2O4. The summed E-state index contributed by atoms with van der Waals surface area (Å²) < 4.78 is 20.0. The molecule has 0 radical (unpaired) electrons. The van der Waals surface area contributed by atoms with Crippen LogP contribution >= 0.6 is 27.5 Å². The highest BCUT2D eigenvalue weighted by atomic mass is 79.9. The predicted molar refractivity (Wildman–Crippen MR) is 130 cm³/mol. The number of barbiturate groups is 1. The number of aryl methyl sites for hydroxylation is 1. The number of halogens is 3. The Morgan fingerprint density at radius 2 is 1.85 bits per heavy atom. The van der Waals surface area contributed by atoms with E-state index in [0.717, 1.165) is 4.90 Å². The highest BCUT2D eigenvalue weighted by Gasteiger charge is 2.37. The number of carbonyl (C=O) groups is 3. The van der Waals surface area contributed by atoms with Gasteiger partial charge in [-0.2, -0.15) is 0 Å². The topological polar surface area (TPSA) is 75.7 Å². The Morgan fingerprint density at radius 1 is 1.09 bits per heavy atom. The van der Waals surface area contributed by atoms with E-state index in [0.29, 0.717) is 31.9 Å². The average Bonchev–Trinajstić information content (AvgIpc) is 2.79. The van der Waals surface area contributed by atoms with Gasteiger partial charge in [0, 0.05) is 10.6 Å². The van der Waals surface area contributed by atoms with Crippen LogP contribution in [0.1, 0.15) is 16.7 Å². The van der Waals surface area contributed by atoms with E-state index in [9.17, 15) is 18.8 Å². The minimum absolute atomic E-state index is 0.0304. The molecule has 4 rings (SSSR count). The lowest BCUT2D eigenvalue weighted by atomic mass is 10.1. The smallest absolute Gasteiger partial charge is 0.335 e. The van der Waals surface area contributed by atoms with Gasteiger partial charge >= 0.3 is 6.03 Å². The standard InChI is InChI=1S/C25H17BrClFN2O4/c1-14-6-8-17(27)12-21(14)30-24(32)18(23(31)29-25(30)33)10-15-7-9-22(19(26)11-15)34-13-16-4-2-3-5-20(16)28/h2-12H,13H2,1H3,(H,29,31,33)/b18-10+. The van der Waals surface area contributed by atoms with Crippen LogP contribution in [0.5, 0.6) is 5.75 Å². The summed E-state index contributed by atoms with van der Waals surface area (Å²) in [6, 6.07) is 15.2. The van der Waals surface area contributed by atoms with Gasteiger partial charge in [0.2, 0.25) is 0 Å². The summed E-state index contributed by atoms with van der Waals surface area (Å²) in [5, 5.41) is 2.53. The largest absolute Gasteiger partial charge is 0.488 e. The molecular weight excluding hydrogens is 527 g/mol. The Bertz CT molecular complexity index is 1360.